The summed E-state index contributed by atoms with van der Waals surface area (Å²) in [6, 6.07) is 0. The van der Waals surface area contributed by atoms with Gasteiger partial charge in [0.15, 0.2) is 0 Å². The predicted octanol–water partition coefficient (Wildman–Crippen LogP) is 3.72. The summed E-state index contributed by atoms with van der Waals surface area (Å²) in [6.45, 7) is 8.93. The van der Waals surface area contributed by atoms with Crippen molar-refractivity contribution in [3.05, 3.63) is 35.5 Å². The third-order valence-electron chi connectivity index (χ3n) is 2.36. The molecule has 0 spiro atoms. The van der Waals surface area contributed by atoms with Crippen LogP contribution >= 0.6 is 0 Å². The van der Waals surface area contributed by atoms with E-state index in [0.717, 1.165) is 0 Å². The van der Waals surface area contributed by atoms with E-state index in [1.165, 1.54) is 11.1 Å². The SMILES string of the molecule is CC(C)=C1C=CC=CC1C(C)C. The lowest BCUT2D eigenvalue weighted by Gasteiger charge is -2.22. The zero-order chi connectivity index (χ0) is 9.14. The summed E-state index contributed by atoms with van der Waals surface area (Å²) < 4.78 is 0. The highest BCUT2D eigenvalue weighted by molar-refractivity contribution is 5.36. The molecular formula is C12H18. The molecule has 0 radical (unpaired) electrons. The number of rotatable bonds is 1. The summed E-state index contributed by atoms with van der Waals surface area (Å²) >= 11 is 0. The van der Waals surface area contributed by atoms with E-state index >= 15 is 0 Å². The summed E-state index contributed by atoms with van der Waals surface area (Å²) in [7, 11) is 0. The summed E-state index contributed by atoms with van der Waals surface area (Å²) in [5.41, 5.74) is 2.93. The molecule has 1 atom stereocenters. The topological polar surface area (TPSA) is 0 Å². The van der Waals surface area contributed by atoms with Crippen molar-refractivity contribution in [3.8, 4) is 0 Å². The molecule has 0 saturated heterocycles. The fraction of sp³-hybridized carbons (Fsp3) is 0.500. The average molecular weight is 162 g/mol. The normalized spacial score (nSPS) is 22.1. The lowest BCUT2D eigenvalue weighted by atomic mass is 9.83. The van der Waals surface area contributed by atoms with Crippen LogP contribution in [0.3, 0.4) is 0 Å². The predicted molar refractivity (Wildman–Crippen MR) is 55.0 cm³/mol. The van der Waals surface area contributed by atoms with Gasteiger partial charge in [0.25, 0.3) is 0 Å². The van der Waals surface area contributed by atoms with Crippen LogP contribution in [0.1, 0.15) is 27.7 Å². The van der Waals surface area contributed by atoms with Crippen LogP contribution in [0, 0.1) is 11.8 Å². The standard InChI is InChI=1S/C12H18/c1-9(2)11-7-5-6-8-12(11)10(3)4/h5-9,11H,1-4H3. The van der Waals surface area contributed by atoms with Crippen LogP contribution in [-0.4, -0.2) is 0 Å². The maximum atomic E-state index is 2.30. The summed E-state index contributed by atoms with van der Waals surface area (Å²) in [6.07, 6.45) is 8.81. The van der Waals surface area contributed by atoms with E-state index in [0.29, 0.717) is 11.8 Å². The van der Waals surface area contributed by atoms with Gasteiger partial charge in [-0.25, -0.2) is 0 Å². The Morgan fingerprint density at radius 1 is 1.25 bits per heavy atom. The second-order valence-corrected chi connectivity index (χ2v) is 3.97. The Hall–Kier alpha value is -0.780. The lowest BCUT2D eigenvalue weighted by Crippen LogP contribution is -2.10. The third-order valence-corrected chi connectivity index (χ3v) is 2.36. The van der Waals surface area contributed by atoms with Gasteiger partial charge in [-0.15, -0.1) is 0 Å². The van der Waals surface area contributed by atoms with Gasteiger partial charge in [0.05, 0.1) is 0 Å². The van der Waals surface area contributed by atoms with E-state index in [4.69, 9.17) is 0 Å². The maximum absolute atomic E-state index is 2.30. The second-order valence-electron chi connectivity index (χ2n) is 3.97. The second kappa shape index (κ2) is 3.75. The Kier molecular flexibility index (Phi) is 2.91. The van der Waals surface area contributed by atoms with Crippen molar-refractivity contribution in [1.82, 2.24) is 0 Å². The molecule has 1 aliphatic carbocycles. The van der Waals surface area contributed by atoms with E-state index in [1.54, 1.807) is 0 Å². The van der Waals surface area contributed by atoms with Gasteiger partial charge >= 0.3 is 0 Å². The minimum absolute atomic E-state index is 0.625. The maximum Gasteiger partial charge on any atom is 0.00434 e. The van der Waals surface area contributed by atoms with Gasteiger partial charge in [0.1, 0.15) is 0 Å². The first-order valence-electron chi connectivity index (χ1n) is 4.65. The third kappa shape index (κ3) is 1.88. The average Bonchev–Trinajstić information content (AvgIpc) is 2.04. The molecule has 0 amide bonds. The Bertz CT molecular complexity index is 235. The number of hydrogen-bond acceptors (Lipinski definition) is 0. The fourth-order valence-corrected chi connectivity index (χ4v) is 1.64. The molecule has 0 aromatic heterocycles. The first-order chi connectivity index (χ1) is 5.63. The molecule has 0 fully saturated rings. The largest absolute Gasteiger partial charge is 0.0768 e. The molecule has 0 aromatic carbocycles. The molecule has 0 nitrogen and oxygen atoms in total. The molecule has 12 heavy (non-hydrogen) atoms. The smallest absolute Gasteiger partial charge is 0.00434 e. The van der Waals surface area contributed by atoms with Crippen LogP contribution in [0.15, 0.2) is 35.5 Å². The lowest BCUT2D eigenvalue weighted by molar-refractivity contribution is 0.529. The Labute approximate surface area is 75.7 Å². The monoisotopic (exact) mass is 162 g/mol. The van der Waals surface area contributed by atoms with Gasteiger partial charge in [0, 0.05) is 5.92 Å². The molecule has 1 aliphatic rings. The van der Waals surface area contributed by atoms with Gasteiger partial charge in [-0.05, 0) is 25.3 Å². The zero-order valence-corrected chi connectivity index (χ0v) is 8.46. The van der Waals surface area contributed by atoms with Crippen molar-refractivity contribution in [2.45, 2.75) is 27.7 Å². The molecule has 0 heteroatoms. The van der Waals surface area contributed by atoms with Crippen LogP contribution in [0.5, 0.6) is 0 Å². The highest BCUT2D eigenvalue weighted by atomic mass is 14.2. The van der Waals surface area contributed by atoms with Crippen LogP contribution in [0.2, 0.25) is 0 Å². The van der Waals surface area contributed by atoms with Gasteiger partial charge < -0.3 is 0 Å². The van der Waals surface area contributed by atoms with Crippen molar-refractivity contribution >= 4 is 0 Å². The number of hydrogen-bond donors (Lipinski definition) is 0. The van der Waals surface area contributed by atoms with Crippen molar-refractivity contribution < 1.29 is 0 Å². The summed E-state index contributed by atoms with van der Waals surface area (Å²) in [5.74, 6) is 1.33. The van der Waals surface area contributed by atoms with E-state index in [2.05, 4.69) is 52.0 Å². The summed E-state index contributed by atoms with van der Waals surface area (Å²) in [4.78, 5) is 0. The van der Waals surface area contributed by atoms with Gasteiger partial charge in [-0.1, -0.05) is 43.7 Å². The van der Waals surface area contributed by atoms with Crippen LogP contribution in [0.4, 0.5) is 0 Å². The highest BCUT2D eigenvalue weighted by Gasteiger charge is 2.15. The van der Waals surface area contributed by atoms with Gasteiger partial charge in [-0.2, -0.15) is 0 Å². The summed E-state index contributed by atoms with van der Waals surface area (Å²) in [5, 5.41) is 0. The van der Waals surface area contributed by atoms with Gasteiger partial charge in [-0.3, -0.25) is 0 Å². The van der Waals surface area contributed by atoms with Crippen molar-refractivity contribution in [2.75, 3.05) is 0 Å². The minimum atomic E-state index is 0.625. The molecule has 1 rings (SSSR count). The first kappa shape index (κ1) is 9.31. The molecule has 0 aliphatic heterocycles. The Morgan fingerprint density at radius 2 is 1.92 bits per heavy atom. The van der Waals surface area contributed by atoms with Crippen molar-refractivity contribution in [2.24, 2.45) is 11.8 Å². The molecule has 0 saturated carbocycles. The molecule has 1 unspecified atom stereocenters. The molecule has 66 valence electrons. The molecule has 0 heterocycles. The minimum Gasteiger partial charge on any atom is -0.0768 e. The van der Waals surface area contributed by atoms with E-state index in [9.17, 15) is 0 Å². The molecule has 0 bridgehead atoms. The molecule has 0 aromatic rings. The Balaban J connectivity index is 2.94. The number of allylic oxidation sites excluding steroid dienone is 6. The van der Waals surface area contributed by atoms with E-state index < -0.39 is 0 Å². The zero-order valence-electron chi connectivity index (χ0n) is 8.46. The van der Waals surface area contributed by atoms with Crippen LogP contribution < -0.4 is 0 Å². The fourth-order valence-electron chi connectivity index (χ4n) is 1.64. The first-order valence-corrected chi connectivity index (χ1v) is 4.65. The van der Waals surface area contributed by atoms with Crippen molar-refractivity contribution in [3.63, 3.8) is 0 Å². The highest BCUT2D eigenvalue weighted by Crippen LogP contribution is 2.28. The Morgan fingerprint density at radius 3 is 2.33 bits per heavy atom. The quantitative estimate of drug-likeness (QED) is 0.551. The van der Waals surface area contributed by atoms with E-state index in [-0.39, 0.29) is 0 Å². The van der Waals surface area contributed by atoms with Crippen LogP contribution in [0.25, 0.3) is 0 Å². The van der Waals surface area contributed by atoms with Crippen molar-refractivity contribution in [1.29, 1.82) is 0 Å². The molecular weight excluding hydrogens is 144 g/mol. The molecule has 0 N–H and O–H groups in total. The van der Waals surface area contributed by atoms with Crippen LogP contribution in [-0.2, 0) is 0 Å². The van der Waals surface area contributed by atoms with E-state index in [1.807, 2.05) is 0 Å². The van der Waals surface area contributed by atoms with Gasteiger partial charge in [0.2, 0.25) is 0 Å².